The quantitative estimate of drug-likeness (QED) is 0.806. The summed E-state index contributed by atoms with van der Waals surface area (Å²) in [6.45, 7) is 0.444. The maximum atomic E-state index is 10.8. The average Bonchev–Trinajstić information content (AvgIpc) is 2.53. The van der Waals surface area contributed by atoms with Crippen LogP contribution in [0.25, 0.3) is 0 Å². The van der Waals surface area contributed by atoms with E-state index in [4.69, 9.17) is 4.74 Å². The second-order valence-corrected chi connectivity index (χ2v) is 3.05. The smallest absolute Gasteiger partial charge is 0.413 e. The Labute approximate surface area is 79.7 Å². The third kappa shape index (κ3) is 3.00. The number of aromatic nitrogens is 1. The van der Waals surface area contributed by atoms with Crippen LogP contribution in [0.2, 0.25) is 0 Å². The first-order valence-electron chi connectivity index (χ1n) is 3.54. The van der Waals surface area contributed by atoms with Gasteiger partial charge in [0.05, 0.1) is 19.4 Å². The van der Waals surface area contributed by atoms with Crippen molar-refractivity contribution in [2.45, 2.75) is 6.61 Å². The minimum absolute atomic E-state index is 0.444. The Kier molecular flexibility index (Phi) is 3.66. The van der Waals surface area contributed by atoms with Crippen molar-refractivity contribution >= 4 is 22.6 Å². The van der Waals surface area contributed by atoms with Crippen molar-refractivity contribution in [1.82, 2.24) is 4.98 Å². The van der Waals surface area contributed by atoms with E-state index in [0.717, 1.165) is 5.69 Å². The van der Waals surface area contributed by atoms with Crippen LogP contribution in [0.3, 0.4) is 0 Å². The molecular weight excluding hydrogens is 192 g/mol. The van der Waals surface area contributed by atoms with Gasteiger partial charge in [-0.3, -0.25) is 5.32 Å². The molecule has 72 valence electrons. The summed E-state index contributed by atoms with van der Waals surface area (Å²) in [4.78, 5) is 14.8. The van der Waals surface area contributed by atoms with Crippen LogP contribution in [0.5, 0.6) is 0 Å². The van der Waals surface area contributed by atoms with Crippen molar-refractivity contribution in [2.24, 2.45) is 0 Å². The van der Waals surface area contributed by atoms with E-state index in [1.54, 1.807) is 7.11 Å². The van der Waals surface area contributed by atoms with Crippen LogP contribution in [-0.2, 0) is 16.1 Å². The number of methoxy groups -OCH3 is 2. The van der Waals surface area contributed by atoms with Crippen LogP contribution in [0.1, 0.15) is 5.69 Å². The fourth-order valence-corrected chi connectivity index (χ4v) is 1.40. The van der Waals surface area contributed by atoms with Crippen molar-refractivity contribution in [2.75, 3.05) is 19.5 Å². The maximum absolute atomic E-state index is 10.8. The Bertz CT molecular complexity index is 287. The molecule has 0 aromatic carbocycles. The third-order valence-corrected chi connectivity index (χ3v) is 2.04. The van der Waals surface area contributed by atoms with E-state index in [1.807, 2.05) is 5.38 Å². The van der Waals surface area contributed by atoms with Crippen LogP contribution in [0.15, 0.2) is 5.38 Å². The first-order chi connectivity index (χ1) is 6.26. The highest BCUT2D eigenvalue weighted by Gasteiger charge is 2.05. The first kappa shape index (κ1) is 9.94. The summed E-state index contributed by atoms with van der Waals surface area (Å²) in [5, 5.41) is 4.79. The number of nitrogens with one attached hydrogen (secondary N) is 1. The second kappa shape index (κ2) is 4.78. The normalized spacial score (nSPS) is 9.69. The number of amides is 1. The standard InChI is InChI=1S/C7H10N2O3S/c1-11-3-5-4-13-6(8-5)9-7(10)12-2/h4H,3H2,1-2H3,(H,8,9,10). The fraction of sp³-hybridized carbons (Fsp3) is 0.429. The minimum atomic E-state index is -0.515. The molecule has 5 nitrogen and oxygen atoms in total. The topological polar surface area (TPSA) is 60.5 Å². The van der Waals surface area contributed by atoms with Gasteiger partial charge >= 0.3 is 6.09 Å². The lowest BCUT2D eigenvalue weighted by Crippen LogP contribution is -2.10. The zero-order valence-corrected chi connectivity index (χ0v) is 8.18. The summed E-state index contributed by atoms with van der Waals surface area (Å²) < 4.78 is 9.28. The molecule has 1 aromatic rings. The molecule has 1 rings (SSSR count). The number of hydrogen-bond donors (Lipinski definition) is 1. The SMILES string of the molecule is COCc1csc(NC(=O)OC)n1. The van der Waals surface area contributed by atoms with Crippen LogP contribution in [0.4, 0.5) is 9.93 Å². The van der Waals surface area contributed by atoms with Gasteiger partial charge in [0.1, 0.15) is 0 Å². The van der Waals surface area contributed by atoms with Gasteiger partial charge in [0.15, 0.2) is 5.13 Å². The van der Waals surface area contributed by atoms with Crippen LogP contribution >= 0.6 is 11.3 Å². The summed E-state index contributed by atoms with van der Waals surface area (Å²) in [7, 11) is 2.89. The van der Waals surface area contributed by atoms with Crippen molar-refractivity contribution in [1.29, 1.82) is 0 Å². The van der Waals surface area contributed by atoms with Gasteiger partial charge < -0.3 is 9.47 Å². The Morgan fingerprint density at radius 1 is 1.69 bits per heavy atom. The zero-order valence-electron chi connectivity index (χ0n) is 7.36. The molecule has 0 radical (unpaired) electrons. The molecule has 0 unspecified atom stereocenters. The number of hydrogen-bond acceptors (Lipinski definition) is 5. The molecule has 13 heavy (non-hydrogen) atoms. The number of rotatable bonds is 3. The van der Waals surface area contributed by atoms with E-state index in [1.165, 1.54) is 18.4 Å². The minimum Gasteiger partial charge on any atom is -0.453 e. The molecule has 0 bridgehead atoms. The van der Waals surface area contributed by atoms with E-state index < -0.39 is 6.09 Å². The number of carbonyl (C=O) groups excluding carboxylic acids is 1. The van der Waals surface area contributed by atoms with E-state index in [0.29, 0.717) is 11.7 Å². The van der Waals surface area contributed by atoms with Gasteiger partial charge in [-0.2, -0.15) is 0 Å². The highest BCUT2D eigenvalue weighted by Crippen LogP contribution is 2.15. The van der Waals surface area contributed by atoms with Crippen LogP contribution < -0.4 is 5.32 Å². The van der Waals surface area contributed by atoms with E-state index in [2.05, 4.69) is 15.0 Å². The zero-order chi connectivity index (χ0) is 9.68. The predicted octanol–water partition coefficient (Wildman–Crippen LogP) is 1.47. The first-order valence-corrected chi connectivity index (χ1v) is 4.42. The molecule has 0 atom stereocenters. The summed E-state index contributed by atoms with van der Waals surface area (Å²) in [6.07, 6.45) is -0.515. The largest absolute Gasteiger partial charge is 0.453 e. The molecule has 0 aliphatic carbocycles. The highest BCUT2D eigenvalue weighted by molar-refractivity contribution is 7.13. The molecule has 0 spiro atoms. The van der Waals surface area contributed by atoms with E-state index in [-0.39, 0.29) is 0 Å². The molecule has 0 saturated heterocycles. The van der Waals surface area contributed by atoms with E-state index in [9.17, 15) is 4.79 Å². The predicted molar refractivity (Wildman–Crippen MR) is 48.9 cm³/mol. The number of nitrogens with zero attached hydrogens (tertiary/aromatic N) is 1. The van der Waals surface area contributed by atoms with Crippen LogP contribution in [0, 0.1) is 0 Å². The highest BCUT2D eigenvalue weighted by atomic mass is 32.1. The molecule has 1 amide bonds. The van der Waals surface area contributed by atoms with Gasteiger partial charge in [-0.15, -0.1) is 11.3 Å². The van der Waals surface area contributed by atoms with Gasteiger partial charge in [0.25, 0.3) is 0 Å². The summed E-state index contributed by atoms with van der Waals surface area (Å²) >= 11 is 1.33. The molecule has 0 aliphatic heterocycles. The number of anilines is 1. The second-order valence-electron chi connectivity index (χ2n) is 2.19. The van der Waals surface area contributed by atoms with Gasteiger partial charge in [0.2, 0.25) is 0 Å². The Balaban J connectivity index is 2.53. The molecule has 0 aliphatic rings. The lowest BCUT2D eigenvalue weighted by molar-refractivity contribution is 0.181. The number of carbonyl (C=O) groups is 1. The fourth-order valence-electron chi connectivity index (χ4n) is 0.717. The van der Waals surface area contributed by atoms with Crippen molar-refractivity contribution in [3.05, 3.63) is 11.1 Å². The molecular formula is C7H10N2O3S. The van der Waals surface area contributed by atoms with Crippen molar-refractivity contribution in [3.63, 3.8) is 0 Å². The molecule has 6 heteroatoms. The molecule has 1 N–H and O–H groups in total. The molecule has 0 fully saturated rings. The third-order valence-electron chi connectivity index (χ3n) is 1.24. The Morgan fingerprint density at radius 2 is 2.46 bits per heavy atom. The lowest BCUT2D eigenvalue weighted by atomic mass is 10.5. The molecule has 1 aromatic heterocycles. The maximum Gasteiger partial charge on any atom is 0.413 e. The Morgan fingerprint density at radius 3 is 3.08 bits per heavy atom. The number of ether oxygens (including phenoxy) is 2. The summed E-state index contributed by atoms with van der Waals surface area (Å²) in [5.74, 6) is 0. The van der Waals surface area contributed by atoms with Gasteiger partial charge in [-0.05, 0) is 0 Å². The monoisotopic (exact) mass is 202 g/mol. The summed E-state index contributed by atoms with van der Waals surface area (Å²) in [5.41, 5.74) is 0.791. The van der Waals surface area contributed by atoms with E-state index >= 15 is 0 Å². The van der Waals surface area contributed by atoms with Crippen molar-refractivity contribution in [3.8, 4) is 0 Å². The van der Waals surface area contributed by atoms with Gasteiger partial charge in [-0.25, -0.2) is 9.78 Å². The van der Waals surface area contributed by atoms with Crippen LogP contribution in [-0.4, -0.2) is 25.3 Å². The van der Waals surface area contributed by atoms with Crippen molar-refractivity contribution < 1.29 is 14.3 Å². The molecule has 0 saturated carbocycles. The summed E-state index contributed by atoms with van der Waals surface area (Å²) in [6, 6.07) is 0. The Hall–Kier alpha value is -1.14. The van der Waals surface area contributed by atoms with Gasteiger partial charge in [0, 0.05) is 12.5 Å². The number of thiazole rings is 1. The lowest BCUT2D eigenvalue weighted by Gasteiger charge is -1.97. The molecule has 1 heterocycles. The van der Waals surface area contributed by atoms with Gasteiger partial charge in [-0.1, -0.05) is 0 Å². The average molecular weight is 202 g/mol.